The minimum atomic E-state index is -1.08. The van der Waals surface area contributed by atoms with Crippen LogP contribution in [0.4, 0.5) is 14.9 Å². The van der Waals surface area contributed by atoms with Crippen LogP contribution in [-0.2, 0) is 17.6 Å². The number of halogens is 1. The summed E-state index contributed by atoms with van der Waals surface area (Å²) in [6.07, 6.45) is -0.413. The zero-order valence-corrected chi connectivity index (χ0v) is 18.1. The molecular formula is C22H29FN4O3. The topological polar surface area (TPSA) is 87.3 Å². The lowest BCUT2D eigenvalue weighted by Crippen LogP contribution is -2.62. The number of aromatic amines is 1. The standard InChI is InChI=1S/C22H29FN4O3/c1-6-17-13(2)19(26-25-17)20(28)24-15-9-7-14(8-10-15)11-18-16(23)12-27(18)21(29)30-22(3,4)5/h7-10,16,18H,6,11-12H2,1-5H3,(H,24,28)(H,25,26)/t16-,18-/m0/s1. The number of alkyl halides is 1. The van der Waals surface area contributed by atoms with Gasteiger partial charge < -0.3 is 10.1 Å². The molecule has 2 N–H and O–H groups in total. The third kappa shape index (κ3) is 4.80. The van der Waals surface area contributed by atoms with Crippen LogP contribution in [0.5, 0.6) is 0 Å². The van der Waals surface area contributed by atoms with Gasteiger partial charge in [-0.2, -0.15) is 5.10 Å². The summed E-state index contributed by atoms with van der Waals surface area (Å²) in [7, 11) is 0. The van der Waals surface area contributed by atoms with Crippen LogP contribution >= 0.6 is 0 Å². The first-order valence-corrected chi connectivity index (χ1v) is 10.2. The number of carbonyl (C=O) groups is 2. The molecule has 7 nitrogen and oxygen atoms in total. The molecule has 162 valence electrons. The molecule has 0 radical (unpaired) electrons. The van der Waals surface area contributed by atoms with Gasteiger partial charge in [0, 0.05) is 16.9 Å². The van der Waals surface area contributed by atoms with E-state index in [9.17, 15) is 14.0 Å². The fraction of sp³-hybridized carbons (Fsp3) is 0.500. The average molecular weight is 416 g/mol. The van der Waals surface area contributed by atoms with Gasteiger partial charge in [-0.15, -0.1) is 0 Å². The number of carbonyl (C=O) groups excluding carboxylic acids is 2. The maximum atomic E-state index is 14.1. The second kappa shape index (κ2) is 8.45. The maximum absolute atomic E-state index is 14.1. The molecule has 0 aliphatic carbocycles. The Balaban J connectivity index is 1.60. The van der Waals surface area contributed by atoms with Gasteiger partial charge in [-0.05, 0) is 58.2 Å². The van der Waals surface area contributed by atoms with E-state index in [-0.39, 0.29) is 12.5 Å². The summed E-state index contributed by atoms with van der Waals surface area (Å²) in [6, 6.07) is 6.63. The number of likely N-dealkylation sites (tertiary alicyclic amines) is 1. The minimum absolute atomic E-state index is 0.0521. The molecule has 8 heteroatoms. The third-order valence-electron chi connectivity index (χ3n) is 5.15. The molecule has 2 atom stereocenters. The number of H-pyrrole nitrogens is 1. The summed E-state index contributed by atoms with van der Waals surface area (Å²) in [5.41, 5.74) is 3.03. The summed E-state index contributed by atoms with van der Waals surface area (Å²) >= 11 is 0. The van der Waals surface area contributed by atoms with Crippen molar-refractivity contribution in [1.29, 1.82) is 0 Å². The summed E-state index contributed by atoms with van der Waals surface area (Å²) in [6.45, 7) is 9.27. The van der Waals surface area contributed by atoms with Gasteiger partial charge in [0.05, 0.1) is 12.6 Å². The molecule has 1 saturated heterocycles. The number of hydrogen-bond donors (Lipinski definition) is 2. The van der Waals surface area contributed by atoms with Crippen LogP contribution in [0, 0.1) is 6.92 Å². The van der Waals surface area contributed by atoms with Gasteiger partial charge in [-0.1, -0.05) is 19.1 Å². The van der Waals surface area contributed by atoms with Crippen molar-refractivity contribution in [2.24, 2.45) is 0 Å². The van der Waals surface area contributed by atoms with Crippen LogP contribution < -0.4 is 5.32 Å². The molecule has 1 fully saturated rings. The van der Waals surface area contributed by atoms with Crippen molar-refractivity contribution in [3.63, 3.8) is 0 Å². The van der Waals surface area contributed by atoms with E-state index in [0.29, 0.717) is 17.8 Å². The Morgan fingerprint density at radius 2 is 1.97 bits per heavy atom. The molecule has 0 spiro atoms. The summed E-state index contributed by atoms with van der Waals surface area (Å²) in [5.74, 6) is -0.282. The lowest BCUT2D eigenvalue weighted by atomic mass is 9.94. The smallest absolute Gasteiger partial charge is 0.410 e. The Bertz CT molecular complexity index is 917. The van der Waals surface area contributed by atoms with Gasteiger partial charge >= 0.3 is 6.09 Å². The highest BCUT2D eigenvalue weighted by Crippen LogP contribution is 2.27. The van der Waals surface area contributed by atoms with Crippen LogP contribution in [0.3, 0.4) is 0 Å². The predicted octanol–water partition coefficient (Wildman–Crippen LogP) is 4.03. The van der Waals surface area contributed by atoms with E-state index >= 15 is 0 Å². The molecule has 0 saturated carbocycles. The Morgan fingerprint density at radius 3 is 2.50 bits per heavy atom. The van der Waals surface area contributed by atoms with E-state index in [1.54, 1.807) is 32.9 Å². The van der Waals surface area contributed by atoms with E-state index in [4.69, 9.17) is 4.74 Å². The number of benzene rings is 1. The lowest BCUT2D eigenvalue weighted by Gasteiger charge is -2.44. The monoisotopic (exact) mass is 416 g/mol. The normalized spacial score (nSPS) is 18.7. The molecule has 1 aliphatic heterocycles. The Hall–Kier alpha value is -2.90. The zero-order chi connectivity index (χ0) is 22.1. The molecule has 2 amide bonds. The first-order valence-electron chi connectivity index (χ1n) is 10.2. The zero-order valence-electron chi connectivity index (χ0n) is 18.1. The number of anilines is 1. The van der Waals surface area contributed by atoms with E-state index in [1.165, 1.54) is 4.90 Å². The highest BCUT2D eigenvalue weighted by atomic mass is 19.1. The molecule has 2 heterocycles. The van der Waals surface area contributed by atoms with E-state index in [1.807, 2.05) is 26.0 Å². The van der Waals surface area contributed by atoms with Crippen LogP contribution in [0.2, 0.25) is 0 Å². The van der Waals surface area contributed by atoms with Crippen molar-refractivity contribution < 1.29 is 18.7 Å². The van der Waals surface area contributed by atoms with Crippen LogP contribution in [0.1, 0.15) is 55.0 Å². The first kappa shape index (κ1) is 21.8. The van der Waals surface area contributed by atoms with E-state index in [2.05, 4.69) is 15.5 Å². The van der Waals surface area contributed by atoms with E-state index < -0.39 is 23.9 Å². The predicted molar refractivity (Wildman–Crippen MR) is 112 cm³/mol. The van der Waals surface area contributed by atoms with Crippen LogP contribution in [0.25, 0.3) is 0 Å². The Kier molecular flexibility index (Phi) is 6.14. The van der Waals surface area contributed by atoms with Crippen molar-refractivity contribution in [2.45, 2.75) is 65.3 Å². The van der Waals surface area contributed by atoms with Gasteiger partial charge in [0.25, 0.3) is 5.91 Å². The number of rotatable bonds is 5. The van der Waals surface area contributed by atoms with Crippen molar-refractivity contribution in [3.8, 4) is 0 Å². The van der Waals surface area contributed by atoms with Gasteiger partial charge in [0.2, 0.25) is 0 Å². The van der Waals surface area contributed by atoms with Gasteiger partial charge in [0.1, 0.15) is 11.8 Å². The number of amides is 2. The van der Waals surface area contributed by atoms with Crippen LogP contribution in [0.15, 0.2) is 24.3 Å². The first-order chi connectivity index (χ1) is 14.1. The molecule has 1 aliphatic rings. The molecular weight excluding hydrogens is 387 g/mol. The fourth-order valence-corrected chi connectivity index (χ4v) is 3.43. The quantitative estimate of drug-likeness (QED) is 0.770. The number of ether oxygens (including phenoxy) is 1. The number of hydrogen-bond acceptors (Lipinski definition) is 4. The SMILES string of the molecule is CCc1[nH]nc(C(=O)Nc2ccc(C[C@H]3[C@@H](F)CN3C(=O)OC(C)(C)C)cc2)c1C. The lowest BCUT2D eigenvalue weighted by molar-refractivity contribution is -0.0398. The van der Waals surface area contributed by atoms with E-state index in [0.717, 1.165) is 23.2 Å². The molecule has 3 rings (SSSR count). The second-order valence-corrected chi connectivity index (χ2v) is 8.60. The van der Waals surface area contributed by atoms with Gasteiger partial charge in [-0.25, -0.2) is 9.18 Å². The number of nitrogens with zero attached hydrogens (tertiary/aromatic N) is 2. The summed E-state index contributed by atoms with van der Waals surface area (Å²) in [4.78, 5) is 26.1. The highest BCUT2D eigenvalue weighted by Gasteiger charge is 2.44. The van der Waals surface area contributed by atoms with Gasteiger partial charge in [0.15, 0.2) is 5.69 Å². The number of nitrogens with one attached hydrogen (secondary N) is 2. The molecule has 2 aromatic rings. The summed E-state index contributed by atoms with van der Waals surface area (Å²) in [5, 5.41) is 9.79. The Labute approximate surface area is 176 Å². The highest BCUT2D eigenvalue weighted by molar-refractivity contribution is 6.03. The number of aromatic nitrogens is 2. The minimum Gasteiger partial charge on any atom is -0.444 e. The maximum Gasteiger partial charge on any atom is 0.410 e. The molecule has 30 heavy (non-hydrogen) atoms. The average Bonchev–Trinajstić information content (AvgIpc) is 3.04. The van der Waals surface area contributed by atoms with Crippen molar-refractivity contribution in [3.05, 3.63) is 46.8 Å². The molecule has 1 aromatic heterocycles. The molecule has 1 aromatic carbocycles. The Morgan fingerprint density at radius 1 is 1.30 bits per heavy atom. The second-order valence-electron chi connectivity index (χ2n) is 8.60. The van der Waals surface area contributed by atoms with Crippen molar-refractivity contribution in [1.82, 2.24) is 15.1 Å². The molecule has 0 unspecified atom stereocenters. The summed E-state index contributed by atoms with van der Waals surface area (Å²) < 4.78 is 19.4. The molecule has 0 bridgehead atoms. The third-order valence-corrected chi connectivity index (χ3v) is 5.15. The fourth-order valence-electron chi connectivity index (χ4n) is 3.43. The van der Waals surface area contributed by atoms with Gasteiger partial charge in [-0.3, -0.25) is 14.8 Å². The van der Waals surface area contributed by atoms with Crippen molar-refractivity contribution >= 4 is 17.7 Å². The van der Waals surface area contributed by atoms with Crippen molar-refractivity contribution in [2.75, 3.05) is 11.9 Å². The van der Waals surface area contributed by atoms with Crippen LogP contribution in [-0.4, -0.2) is 51.5 Å². The largest absolute Gasteiger partial charge is 0.444 e. The number of aryl methyl sites for hydroxylation is 1.